The number of ether oxygens (including phenoxy) is 4. The molecule has 8 atom stereocenters. The van der Waals surface area contributed by atoms with Gasteiger partial charge in [0.1, 0.15) is 18.2 Å². The minimum Gasteiger partial charge on any atom is -0.489 e. The van der Waals surface area contributed by atoms with Crippen LogP contribution in [-0.2, 0) is 40.6 Å². The average Bonchev–Trinajstić information content (AvgIpc) is 3.37. The highest BCUT2D eigenvalue weighted by Crippen LogP contribution is 2.60. The highest BCUT2D eigenvalue weighted by atomic mass is 32.2. The number of hydrogen-bond donors (Lipinski definition) is 2. The zero-order chi connectivity index (χ0) is 37.4. The minimum atomic E-state index is -3.92. The van der Waals surface area contributed by atoms with Crippen molar-refractivity contribution in [1.82, 2.24) is 5.32 Å². The van der Waals surface area contributed by atoms with Crippen molar-refractivity contribution in [3.05, 3.63) is 100 Å². The van der Waals surface area contributed by atoms with Crippen molar-refractivity contribution in [3.63, 3.8) is 0 Å². The molecule has 3 aromatic rings. The van der Waals surface area contributed by atoms with Crippen molar-refractivity contribution in [3.8, 4) is 5.75 Å². The van der Waals surface area contributed by atoms with E-state index in [0.29, 0.717) is 29.3 Å². The van der Waals surface area contributed by atoms with E-state index in [-0.39, 0.29) is 42.6 Å². The van der Waals surface area contributed by atoms with Crippen LogP contribution in [0.15, 0.2) is 72.1 Å². The Morgan fingerprint density at radius 1 is 1.00 bits per heavy atom. The topological polar surface area (TPSA) is 131 Å². The van der Waals surface area contributed by atoms with Gasteiger partial charge in [-0.05, 0) is 104 Å². The maximum atomic E-state index is 14.0. The van der Waals surface area contributed by atoms with E-state index in [2.05, 4.69) is 23.9 Å². The second kappa shape index (κ2) is 15.1. The van der Waals surface area contributed by atoms with Gasteiger partial charge in [-0.1, -0.05) is 44.2 Å². The van der Waals surface area contributed by atoms with Crippen molar-refractivity contribution in [2.24, 2.45) is 23.7 Å². The number of nitrogens with one attached hydrogen (secondary N) is 2. The van der Waals surface area contributed by atoms with Crippen LogP contribution >= 0.6 is 0 Å². The number of aryl methyl sites for hydroxylation is 1. The van der Waals surface area contributed by atoms with E-state index in [0.717, 1.165) is 42.2 Å². The predicted octanol–water partition coefficient (Wildman–Crippen LogP) is 7.08. The van der Waals surface area contributed by atoms with Gasteiger partial charge >= 0.3 is 0 Å². The first kappa shape index (κ1) is 37.5. The van der Waals surface area contributed by atoms with Crippen molar-refractivity contribution in [2.45, 2.75) is 84.0 Å². The largest absolute Gasteiger partial charge is 0.489 e. The third-order valence-corrected chi connectivity index (χ3v) is 12.1. The molecule has 8 rings (SSSR count). The Balaban J connectivity index is 0.855. The van der Waals surface area contributed by atoms with Gasteiger partial charge in [0.15, 0.2) is 18.2 Å². The van der Waals surface area contributed by atoms with E-state index in [4.69, 9.17) is 28.7 Å². The Hall–Kier alpha value is -3.85. The first-order valence-electron chi connectivity index (χ1n) is 18.2. The molecular formula is C40H47FN2O9S. The number of sulfonamides is 1. The lowest BCUT2D eigenvalue weighted by atomic mass is 9.58. The molecule has 4 heterocycles. The number of carbonyl (C=O) groups excluding carboxylic acids is 1. The van der Waals surface area contributed by atoms with Gasteiger partial charge in [-0.25, -0.2) is 22.6 Å². The van der Waals surface area contributed by atoms with Crippen LogP contribution in [0.3, 0.4) is 0 Å². The van der Waals surface area contributed by atoms with E-state index < -0.39 is 39.8 Å². The zero-order valence-corrected chi connectivity index (χ0v) is 31.2. The monoisotopic (exact) mass is 750 g/mol. The highest BCUT2D eigenvalue weighted by molar-refractivity contribution is 7.95. The molecule has 4 aliphatic heterocycles. The molecule has 1 aliphatic carbocycles. The minimum absolute atomic E-state index is 0.0559. The number of fused-ring (bicyclic) bond motifs is 2. The van der Waals surface area contributed by atoms with Gasteiger partial charge < -0.3 is 24.3 Å². The molecule has 0 radical (unpaired) electrons. The first-order valence-corrected chi connectivity index (χ1v) is 19.8. The molecule has 13 heteroatoms. The Morgan fingerprint density at radius 2 is 1.77 bits per heavy atom. The molecule has 0 unspecified atom stereocenters. The van der Waals surface area contributed by atoms with Gasteiger partial charge in [0.25, 0.3) is 15.9 Å². The molecule has 0 aromatic heterocycles. The molecule has 53 heavy (non-hydrogen) atoms. The third kappa shape index (κ3) is 8.01. The quantitative estimate of drug-likeness (QED) is 0.147. The lowest BCUT2D eigenvalue weighted by Gasteiger charge is -2.60. The maximum Gasteiger partial charge on any atom is 0.255 e. The van der Waals surface area contributed by atoms with E-state index in [9.17, 15) is 17.6 Å². The number of halogens is 1. The standard InChI is InChI=1S/C40H47FN2O9S/c1-25-5-16-34(41)35(23-25)43-53(45,46)22-18-28-9-13-31(14-10-28)48-24-29-7-11-30(12-8-29)36(44)42-20-21-47-37-27(3)33-15-6-26(2)32-17-19-39(4)50-38(49-37)40(32,33)52-51-39/h5,7-14,16,18,22-23,26-27,32-33,37-38,43H,6,15,17,19-21,24H2,1-4H3,(H,42,44)/b22-18+/t26-,27-,32+,33+,37-,38-,39-,40-/m1/s1. The summed E-state index contributed by atoms with van der Waals surface area (Å²) in [6.45, 7) is 8.94. The number of anilines is 1. The Kier molecular flexibility index (Phi) is 10.7. The normalized spacial score (nSPS) is 30.7. The number of rotatable bonds is 12. The molecule has 1 amide bonds. The second-order valence-electron chi connectivity index (χ2n) is 14.9. The molecule has 5 aliphatic rings. The predicted molar refractivity (Wildman–Crippen MR) is 195 cm³/mol. The number of carbonyl (C=O) groups is 1. The van der Waals surface area contributed by atoms with Crippen LogP contribution in [0.1, 0.15) is 73.5 Å². The Morgan fingerprint density at radius 3 is 2.55 bits per heavy atom. The van der Waals surface area contributed by atoms with Crippen molar-refractivity contribution in [1.29, 1.82) is 0 Å². The van der Waals surface area contributed by atoms with Gasteiger partial charge in [-0.15, -0.1) is 0 Å². The smallest absolute Gasteiger partial charge is 0.255 e. The summed E-state index contributed by atoms with van der Waals surface area (Å²) in [4.78, 5) is 25.0. The molecule has 3 aromatic carbocycles. The third-order valence-electron chi connectivity index (χ3n) is 11.1. The summed E-state index contributed by atoms with van der Waals surface area (Å²) in [6, 6.07) is 18.2. The summed E-state index contributed by atoms with van der Waals surface area (Å²) in [5, 5.41) is 3.92. The summed E-state index contributed by atoms with van der Waals surface area (Å²) < 4.78 is 66.1. The molecule has 11 nitrogen and oxygen atoms in total. The van der Waals surface area contributed by atoms with Gasteiger partial charge in [0.2, 0.25) is 5.79 Å². The van der Waals surface area contributed by atoms with E-state index in [1.54, 1.807) is 49.4 Å². The Bertz CT molecular complexity index is 1920. The molecule has 284 valence electrons. The summed E-state index contributed by atoms with van der Waals surface area (Å²) >= 11 is 0. The van der Waals surface area contributed by atoms with E-state index >= 15 is 0 Å². The fraction of sp³-hybridized carbons (Fsp3) is 0.475. The SMILES string of the molecule is Cc1ccc(F)c(NS(=O)(=O)/C=C/c2ccc(OCc3ccc(C(=O)NCCO[C@@H]4O[C@@H]5O[C@@]6(C)CC[C@H]7[C@H](C)CC[C@@H]([C@H]4C)[C@@]57OO6)cc3)cc2)c1. The first-order chi connectivity index (χ1) is 25.3. The molecule has 5 fully saturated rings. The van der Waals surface area contributed by atoms with Crippen LogP contribution in [0.4, 0.5) is 10.1 Å². The lowest BCUT2D eigenvalue weighted by Crippen LogP contribution is -2.70. The summed E-state index contributed by atoms with van der Waals surface area (Å²) in [5.41, 5.74) is 1.99. The second-order valence-corrected chi connectivity index (χ2v) is 16.5. The summed E-state index contributed by atoms with van der Waals surface area (Å²) in [7, 11) is -3.92. The number of benzene rings is 3. The lowest BCUT2D eigenvalue weighted by molar-refractivity contribution is -0.577. The van der Waals surface area contributed by atoms with E-state index in [1.165, 1.54) is 18.2 Å². The van der Waals surface area contributed by atoms with Crippen molar-refractivity contribution in [2.75, 3.05) is 17.9 Å². The van der Waals surface area contributed by atoms with Crippen LogP contribution in [0.5, 0.6) is 5.75 Å². The number of amides is 1. The fourth-order valence-corrected chi connectivity index (χ4v) is 9.04. The highest BCUT2D eigenvalue weighted by Gasteiger charge is 2.69. The molecule has 2 N–H and O–H groups in total. The molecule has 1 saturated carbocycles. The Labute approximate surface area is 310 Å². The maximum absolute atomic E-state index is 14.0. The van der Waals surface area contributed by atoms with Gasteiger partial charge in [0.05, 0.1) is 17.7 Å². The summed E-state index contributed by atoms with van der Waals surface area (Å²) in [6.07, 6.45) is 4.17. The van der Waals surface area contributed by atoms with Gasteiger partial charge in [-0.2, -0.15) is 0 Å². The van der Waals surface area contributed by atoms with Crippen LogP contribution in [0.25, 0.3) is 6.08 Å². The van der Waals surface area contributed by atoms with Crippen molar-refractivity contribution < 1.29 is 46.3 Å². The molecule has 2 bridgehead atoms. The summed E-state index contributed by atoms with van der Waals surface area (Å²) in [5.74, 6) is -0.127. The molecule has 1 spiro atoms. The van der Waals surface area contributed by atoms with Gasteiger partial charge in [-0.3, -0.25) is 9.52 Å². The van der Waals surface area contributed by atoms with Gasteiger partial charge in [0, 0.05) is 30.4 Å². The van der Waals surface area contributed by atoms with Crippen LogP contribution in [-0.4, -0.2) is 51.4 Å². The number of hydrogen-bond acceptors (Lipinski definition) is 9. The van der Waals surface area contributed by atoms with Crippen LogP contribution in [0.2, 0.25) is 0 Å². The van der Waals surface area contributed by atoms with Crippen molar-refractivity contribution >= 4 is 27.7 Å². The van der Waals surface area contributed by atoms with Crippen LogP contribution < -0.4 is 14.8 Å². The average molecular weight is 751 g/mol. The molecular weight excluding hydrogens is 704 g/mol. The molecule has 4 saturated heterocycles. The fourth-order valence-electron chi connectivity index (χ4n) is 8.17. The van der Waals surface area contributed by atoms with E-state index in [1.807, 2.05) is 19.1 Å². The van der Waals surface area contributed by atoms with Crippen LogP contribution in [0, 0.1) is 36.4 Å². The zero-order valence-electron chi connectivity index (χ0n) is 30.4.